The van der Waals surface area contributed by atoms with Gasteiger partial charge in [-0.25, -0.2) is 9.97 Å². The first-order valence-electron chi connectivity index (χ1n) is 10.2. The van der Waals surface area contributed by atoms with Gasteiger partial charge in [-0.2, -0.15) is 13.2 Å². The van der Waals surface area contributed by atoms with Gasteiger partial charge in [-0.3, -0.25) is 24.0 Å². The lowest BCUT2D eigenvalue weighted by Crippen LogP contribution is -2.64. The van der Waals surface area contributed by atoms with E-state index in [4.69, 9.17) is 18.9 Å². The van der Waals surface area contributed by atoms with E-state index < -0.39 is 72.6 Å². The van der Waals surface area contributed by atoms with Crippen LogP contribution in [-0.2, 0) is 38.1 Å². The Morgan fingerprint density at radius 1 is 1.08 bits per heavy atom. The number of amides is 1. The molecule has 17 heteroatoms. The van der Waals surface area contributed by atoms with Crippen molar-refractivity contribution in [1.29, 1.82) is 0 Å². The van der Waals surface area contributed by atoms with E-state index in [1.807, 2.05) is 0 Å². The average molecular weight is 519 g/mol. The molecule has 3 rings (SSSR count). The van der Waals surface area contributed by atoms with Gasteiger partial charge in [0.25, 0.3) is 5.56 Å². The van der Waals surface area contributed by atoms with Gasteiger partial charge in [0.15, 0.2) is 23.4 Å². The van der Waals surface area contributed by atoms with E-state index >= 15 is 0 Å². The summed E-state index contributed by atoms with van der Waals surface area (Å²) in [6.45, 7) is 2.39. The topological polar surface area (TPSA) is 192 Å². The summed E-state index contributed by atoms with van der Waals surface area (Å²) in [5.41, 5.74) is -0.975. The molecular formula is C19H20F3N5O9. The van der Waals surface area contributed by atoms with Crippen molar-refractivity contribution >= 4 is 35.0 Å². The van der Waals surface area contributed by atoms with Crippen LogP contribution < -0.4 is 10.9 Å². The summed E-state index contributed by atoms with van der Waals surface area (Å²) in [6, 6.07) is -1.85. The molecule has 0 saturated carbocycles. The summed E-state index contributed by atoms with van der Waals surface area (Å²) in [5, 5.41) is 1.68. The summed E-state index contributed by atoms with van der Waals surface area (Å²) in [6.07, 6.45) is -10.8. The number of ether oxygens (including phenoxy) is 4. The maximum atomic E-state index is 13.2. The number of nitrogens with one attached hydrogen (secondary N) is 3. The second kappa shape index (κ2) is 10.3. The third kappa shape index (κ3) is 5.96. The quantitative estimate of drug-likeness (QED) is 0.331. The van der Waals surface area contributed by atoms with Gasteiger partial charge in [0.2, 0.25) is 0 Å². The largest absolute Gasteiger partial charge is 0.471 e. The average Bonchev–Trinajstić information content (AvgIpc) is 3.19. The molecule has 3 N–H and O–H groups in total. The fourth-order valence-corrected chi connectivity index (χ4v) is 3.56. The zero-order chi connectivity index (χ0) is 26.8. The fraction of sp³-hybridized carbons (Fsp3) is 0.526. The fourth-order valence-electron chi connectivity index (χ4n) is 3.56. The lowest BCUT2D eigenvalue weighted by molar-refractivity contribution is -0.228. The number of aromatic amines is 2. The highest BCUT2D eigenvalue weighted by atomic mass is 19.4. The number of carbonyl (C=O) groups excluding carboxylic acids is 4. The summed E-state index contributed by atoms with van der Waals surface area (Å²) < 4.78 is 60.5. The lowest BCUT2D eigenvalue weighted by atomic mass is 9.91. The lowest BCUT2D eigenvalue weighted by Gasteiger charge is -2.44. The number of carbonyl (C=O) groups is 4. The van der Waals surface area contributed by atoms with Crippen LogP contribution in [0.4, 0.5) is 13.2 Å². The minimum Gasteiger partial charge on any atom is -0.463 e. The number of hydrogen-bond acceptors (Lipinski definition) is 11. The van der Waals surface area contributed by atoms with Crippen molar-refractivity contribution in [2.75, 3.05) is 6.61 Å². The van der Waals surface area contributed by atoms with Gasteiger partial charge < -0.3 is 34.2 Å². The van der Waals surface area contributed by atoms with Crippen LogP contribution >= 0.6 is 0 Å². The SMILES string of the molecule is CC(=O)OC[C@H]1O[C@@H](c2nc3nc[nH]c(=O)c3[nH]2)[C@H](NC(=O)C(F)(F)F)[C@@H](OC(C)=O)[C@@H]1OC(C)=O. The van der Waals surface area contributed by atoms with Crippen LogP contribution in [0.25, 0.3) is 11.2 Å². The normalized spacial score (nSPS) is 24.1. The molecule has 0 aliphatic carbocycles. The molecule has 5 atom stereocenters. The molecule has 196 valence electrons. The first-order chi connectivity index (χ1) is 16.8. The van der Waals surface area contributed by atoms with E-state index in [1.165, 1.54) is 0 Å². The number of esters is 3. The van der Waals surface area contributed by atoms with E-state index in [0.717, 1.165) is 27.1 Å². The zero-order valence-corrected chi connectivity index (χ0v) is 18.9. The summed E-state index contributed by atoms with van der Waals surface area (Å²) in [5.74, 6) is -5.42. The van der Waals surface area contributed by atoms with Crippen LogP contribution in [-0.4, -0.2) is 80.9 Å². The Balaban J connectivity index is 2.15. The number of hydrogen-bond donors (Lipinski definition) is 3. The van der Waals surface area contributed by atoms with E-state index in [1.54, 1.807) is 5.32 Å². The maximum absolute atomic E-state index is 13.2. The first-order valence-corrected chi connectivity index (χ1v) is 10.2. The smallest absolute Gasteiger partial charge is 0.463 e. The number of fused-ring (bicyclic) bond motifs is 1. The van der Waals surface area contributed by atoms with E-state index in [9.17, 15) is 37.1 Å². The molecule has 36 heavy (non-hydrogen) atoms. The van der Waals surface area contributed by atoms with Gasteiger partial charge in [-0.15, -0.1) is 0 Å². The van der Waals surface area contributed by atoms with Gasteiger partial charge in [0, 0.05) is 20.8 Å². The summed E-state index contributed by atoms with van der Waals surface area (Å²) in [4.78, 5) is 71.7. The Bertz CT molecular complexity index is 1230. The number of imidazole rings is 1. The molecule has 14 nitrogen and oxygen atoms in total. The first kappa shape index (κ1) is 26.6. The van der Waals surface area contributed by atoms with Crippen molar-refractivity contribution < 1.29 is 51.3 Å². The Morgan fingerprint density at radius 2 is 1.72 bits per heavy atom. The number of nitrogens with zero attached hydrogens (tertiary/aromatic N) is 2. The molecule has 0 unspecified atom stereocenters. The number of aromatic nitrogens is 4. The molecule has 0 radical (unpaired) electrons. The standard InChI is InChI=1S/C19H20F3N5O9/c1-6(28)33-4-9-12(34-7(2)29)13(35-8(3)30)10(26-18(32)19(20,21)22)14(36-9)16-25-11-15(27-16)23-5-24-17(11)31/h5,9-10,12-14H,4H2,1-3H3,(H,26,32)(H2,23,24,25,27,31)/t9-,10-,12-,13-,14-/m1/s1. The molecule has 0 bridgehead atoms. The number of halogens is 3. The number of rotatable bonds is 6. The van der Waals surface area contributed by atoms with E-state index in [2.05, 4.69) is 19.9 Å². The van der Waals surface area contributed by atoms with Crippen molar-refractivity contribution in [1.82, 2.24) is 25.3 Å². The Kier molecular flexibility index (Phi) is 7.61. The van der Waals surface area contributed by atoms with Crippen molar-refractivity contribution in [2.24, 2.45) is 0 Å². The minimum atomic E-state index is -5.36. The van der Waals surface area contributed by atoms with Crippen LogP contribution in [0.3, 0.4) is 0 Å². The number of H-pyrrole nitrogens is 2. The second-order valence-corrected chi connectivity index (χ2v) is 7.60. The predicted octanol–water partition coefficient (Wildman–Crippen LogP) is -0.440. The van der Waals surface area contributed by atoms with Gasteiger partial charge in [0.05, 0.1) is 6.33 Å². The second-order valence-electron chi connectivity index (χ2n) is 7.60. The van der Waals surface area contributed by atoms with Crippen LogP contribution in [0.1, 0.15) is 32.7 Å². The molecule has 1 saturated heterocycles. The number of alkyl halides is 3. The zero-order valence-electron chi connectivity index (χ0n) is 18.9. The molecule has 0 spiro atoms. The molecule has 2 aromatic rings. The third-order valence-electron chi connectivity index (χ3n) is 4.88. The molecule has 1 aliphatic heterocycles. The van der Waals surface area contributed by atoms with Crippen LogP contribution in [0.5, 0.6) is 0 Å². The van der Waals surface area contributed by atoms with Crippen molar-refractivity contribution in [2.45, 2.75) is 57.4 Å². The highest BCUT2D eigenvalue weighted by Gasteiger charge is 2.54. The molecular weight excluding hydrogens is 499 g/mol. The Hall–Kier alpha value is -4.02. The summed E-state index contributed by atoms with van der Waals surface area (Å²) in [7, 11) is 0. The molecule has 1 fully saturated rings. The van der Waals surface area contributed by atoms with Crippen molar-refractivity contribution in [3.05, 3.63) is 22.5 Å². The van der Waals surface area contributed by atoms with Gasteiger partial charge in [-0.1, -0.05) is 0 Å². The van der Waals surface area contributed by atoms with Gasteiger partial charge in [0.1, 0.15) is 30.7 Å². The maximum Gasteiger partial charge on any atom is 0.471 e. The highest BCUT2D eigenvalue weighted by Crippen LogP contribution is 2.35. The highest BCUT2D eigenvalue weighted by molar-refractivity contribution is 5.82. The molecule has 2 aromatic heterocycles. The van der Waals surface area contributed by atoms with Gasteiger partial charge >= 0.3 is 30.0 Å². The Morgan fingerprint density at radius 3 is 2.28 bits per heavy atom. The van der Waals surface area contributed by atoms with E-state index in [0.29, 0.717) is 0 Å². The van der Waals surface area contributed by atoms with Crippen LogP contribution in [0, 0.1) is 0 Å². The molecule has 1 aliphatic rings. The van der Waals surface area contributed by atoms with Crippen molar-refractivity contribution in [3.8, 4) is 0 Å². The van der Waals surface area contributed by atoms with Gasteiger partial charge in [-0.05, 0) is 0 Å². The molecule has 1 amide bonds. The van der Waals surface area contributed by atoms with Crippen LogP contribution in [0.2, 0.25) is 0 Å². The third-order valence-corrected chi connectivity index (χ3v) is 4.88. The molecule has 0 aromatic carbocycles. The summed E-state index contributed by atoms with van der Waals surface area (Å²) >= 11 is 0. The van der Waals surface area contributed by atoms with E-state index in [-0.39, 0.29) is 17.0 Å². The van der Waals surface area contributed by atoms with Crippen molar-refractivity contribution in [3.63, 3.8) is 0 Å². The predicted molar refractivity (Wildman–Crippen MR) is 108 cm³/mol. The molecule has 3 heterocycles. The Labute approximate surface area is 198 Å². The minimum absolute atomic E-state index is 0.138. The monoisotopic (exact) mass is 519 g/mol. The van der Waals surface area contributed by atoms with Crippen LogP contribution in [0.15, 0.2) is 11.1 Å².